The standard InChI is InChI=1S/C15H23BrN2O2/c1-5-17-14(19)10-20-12-6-7-13(16)11(8-12)9-18-15(2,3)4/h6-8,18H,5,9-10H2,1-4H3,(H,17,19). The number of carbonyl (C=O) groups excluding carboxylic acids is 1. The molecule has 0 aliphatic heterocycles. The van der Waals surface area contributed by atoms with Gasteiger partial charge in [0.1, 0.15) is 5.75 Å². The van der Waals surface area contributed by atoms with E-state index < -0.39 is 0 Å². The molecule has 0 aliphatic carbocycles. The van der Waals surface area contributed by atoms with E-state index in [-0.39, 0.29) is 18.1 Å². The minimum absolute atomic E-state index is 0.0433. The summed E-state index contributed by atoms with van der Waals surface area (Å²) in [4.78, 5) is 11.4. The number of rotatable bonds is 6. The van der Waals surface area contributed by atoms with Gasteiger partial charge in [0, 0.05) is 23.1 Å². The maximum Gasteiger partial charge on any atom is 0.257 e. The zero-order chi connectivity index (χ0) is 15.2. The highest BCUT2D eigenvalue weighted by Crippen LogP contribution is 2.23. The van der Waals surface area contributed by atoms with Gasteiger partial charge in [0.05, 0.1) is 0 Å². The van der Waals surface area contributed by atoms with Crippen molar-refractivity contribution in [2.45, 2.75) is 39.8 Å². The van der Waals surface area contributed by atoms with Gasteiger partial charge in [0.2, 0.25) is 0 Å². The number of hydrogen-bond donors (Lipinski definition) is 2. The van der Waals surface area contributed by atoms with Gasteiger partial charge in [-0.05, 0) is 51.5 Å². The maximum absolute atomic E-state index is 11.4. The summed E-state index contributed by atoms with van der Waals surface area (Å²) in [6.45, 7) is 9.64. The molecule has 1 rings (SSSR count). The van der Waals surface area contributed by atoms with E-state index >= 15 is 0 Å². The van der Waals surface area contributed by atoms with E-state index in [2.05, 4.69) is 47.3 Å². The number of halogens is 1. The van der Waals surface area contributed by atoms with Crippen molar-refractivity contribution in [3.63, 3.8) is 0 Å². The van der Waals surface area contributed by atoms with Crippen LogP contribution < -0.4 is 15.4 Å². The van der Waals surface area contributed by atoms with Gasteiger partial charge in [0.15, 0.2) is 6.61 Å². The summed E-state index contributed by atoms with van der Waals surface area (Å²) in [5.41, 5.74) is 1.16. The molecule has 0 aliphatic rings. The summed E-state index contributed by atoms with van der Waals surface area (Å²) in [6.07, 6.45) is 0. The summed E-state index contributed by atoms with van der Waals surface area (Å²) in [5.74, 6) is 0.593. The van der Waals surface area contributed by atoms with Gasteiger partial charge in [-0.3, -0.25) is 4.79 Å². The molecule has 0 saturated heterocycles. The van der Waals surface area contributed by atoms with Crippen molar-refractivity contribution in [3.8, 4) is 5.75 Å². The van der Waals surface area contributed by atoms with E-state index in [9.17, 15) is 4.79 Å². The average Bonchev–Trinajstić information content (AvgIpc) is 2.35. The number of likely N-dealkylation sites (N-methyl/N-ethyl adjacent to an activating group) is 1. The first kappa shape index (κ1) is 17.0. The van der Waals surface area contributed by atoms with E-state index in [1.54, 1.807) is 0 Å². The minimum Gasteiger partial charge on any atom is -0.484 e. The average molecular weight is 343 g/mol. The molecule has 0 unspecified atom stereocenters. The smallest absolute Gasteiger partial charge is 0.257 e. The van der Waals surface area contributed by atoms with Gasteiger partial charge < -0.3 is 15.4 Å². The highest BCUT2D eigenvalue weighted by atomic mass is 79.9. The highest BCUT2D eigenvalue weighted by Gasteiger charge is 2.11. The SMILES string of the molecule is CCNC(=O)COc1ccc(Br)c(CNC(C)(C)C)c1. The summed E-state index contributed by atoms with van der Waals surface area (Å²) in [5, 5.41) is 6.13. The minimum atomic E-state index is -0.107. The van der Waals surface area contributed by atoms with Crippen LogP contribution >= 0.6 is 15.9 Å². The Hall–Kier alpha value is -1.07. The summed E-state index contributed by atoms with van der Waals surface area (Å²) >= 11 is 3.53. The van der Waals surface area contributed by atoms with Gasteiger partial charge in [-0.1, -0.05) is 15.9 Å². The van der Waals surface area contributed by atoms with Crippen molar-refractivity contribution in [2.24, 2.45) is 0 Å². The topological polar surface area (TPSA) is 50.4 Å². The van der Waals surface area contributed by atoms with Crippen molar-refractivity contribution >= 4 is 21.8 Å². The third-order valence-electron chi connectivity index (χ3n) is 2.57. The molecule has 0 spiro atoms. The van der Waals surface area contributed by atoms with E-state index in [4.69, 9.17) is 4.74 Å². The molecule has 0 atom stereocenters. The third kappa shape index (κ3) is 6.39. The van der Waals surface area contributed by atoms with Crippen LogP contribution in [-0.4, -0.2) is 24.6 Å². The second-order valence-electron chi connectivity index (χ2n) is 5.60. The summed E-state index contributed by atoms with van der Waals surface area (Å²) < 4.78 is 6.51. The monoisotopic (exact) mass is 342 g/mol. The van der Waals surface area contributed by atoms with Crippen molar-refractivity contribution in [1.29, 1.82) is 0 Å². The molecule has 20 heavy (non-hydrogen) atoms. The lowest BCUT2D eigenvalue weighted by Gasteiger charge is -2.21. The van der Waals surface area contributed by atoms with Gasteiger partial charge >= 0.3 is 0 Å². The first-order valence-corrected chi connectivity index (χ1v) is 7.54. The number of ether oxygens (including phenoxy) is 1. The van der Waals surface area contributed by atoms with Gasteiger partial charge in [0.25, 0.3) is 5.91 Å². The van der Waals surface area contributed by atoms with Crippen molar-refractivity contribution in [1.82, 2.24) is 10.6 Å². The molecule has 0 heterocycles. The first-order chi connectivity index (χ1) is 9.31. The van der Waals surface area contributed by atoms with Crippen molar-refractivity contribution in [3.05, 3.63) is 28.2 Å². The Balaban J connectivity index is 2.64. The predicted molar refractivity (Wildman–Crippen MR) is 84.9 cm³/mol. The van der Waals surface area contributed by atoms with Crippen LogP contribution in [0, 0.1) is 0 Å². The number of nitrogens with one attached hydrogen (secondary N) is 2. The molecule has 0 radical (unpaired) electrons. The van der Waals surface area contributed by atoms with E-state index in [0.29, 0.717) is 12.3 Å². The van der Waals surface area contributed by atoms with Crippen LogP contribution in [0.2, 0.25) is 0 Å². The van der Waals surface area contributed by atoms with Crippen LogP contribution in [0.1, 0.15) is 33.3 Å². The number of hydrogen-bond acceptors (Lipinski definition) is 3. The third-order valence-corrected chi connectivity index (χ3v) is 3.34. The van der Waals surface area contributed by atoms with Crippen LogP contribution in [0.15, 0.2) is 22.7 Å². The summed E-state index contributed by atoms with van der Waals surface area (Å²) in [6, 6.07) is 5.73. The van der Waals surface area contributed by atoms with E-state index in [1.807, 2.05) is 25.1 Å². The van der Waals surface area contributed by atoms with Crippen LogP contribution in [-0.2, 0) is 11.3 Å². The number of carbonyl (C=O) groups is 1. The second-order valence-corrected chi connectivity index (χ2v) is 6.45. The second kappa shape index (κ2) is 7.64. The van der Waals surface area contributed by atoms with E-state index in [1.165, 1.54) is 0 Å². The molecule has 0 aromatic heterocycles. The normalized spacial score (nSPS) is 11.2. The quantitative estimate of drug-likeness (QED) is 0.835. The molecule has 2 N–H and O–H groups in total. The Morgan fingerprint density at radius 2 is 2.05 bits per heavy atom. The summed E-state index contributed by atoms with van der Waals surface area (Å²) in [7, 11) is 0. The van der Waals surface area contributed by atoms with Gasteiger partial charge in [-0.15, -0.1) is 0 Å². The Labute approximate surface area is 129 Å². The van der Waals surface area contributed by atoms with Crippen LogP contribution in [0.3, 0.4) is 0 Å². The van der Waals surface area contributed by atoms with Crippen LogP contribution in [0.5, 0.6) is 5.75 Å². The zero-order valence-corrected chi connectivity index (χ0v) is 14.1. The number of benzene rings is 1. The lowest BCUT2D eigenvalue weighted by atomic mass is 10.1. The number of amides is 1. The first-order valence-electron chi connectivity index (χ1n) is 6.75. The fourth-order valence-electron chi connectivity index (χ4n) is 1.53. The largest absolute Gasteiger partial charge is 0.484 e. The molecule has 0 saturated carbocycles. The predicted octanol–water partition coefficient (Wildman–Crippen LogP) is 2.85. The Bertz CT molecular complexity index is 456. The maximum atomic E-state index is 11.4. The molecule has 1 aromatic rings. The fourth-order valence-corrected chi connectivity index (χ4v) is 1.92. The zero-order valence-electron chi connectivity index (χ0n) is 12.5. The molecule has 1 amide bonds. The molecule has 4 nitrogen and oxygen atoms in total. The van der Waals surface area contributed by atoms with Gasteiger partial charge in [-0.25, -0.2) is 0 Å². The molecule has 0 fully saturated rings. The molecular formula is C15H23BrN2O2. The van der Waals surface area contributed by atoms with E-state index in [0.717, 1.165) is 16.6 Å². The molecule has 5 heteroatoms. The lowest BCUT2D eigenvalue weighted by molar-refractivity contribution is -0.122. The van der Waals surface area contributed by atoms with Gasteiger partial charge in [-0.2, -0.15) is 0 Å². The highest BCUT2D eigenvalue weighted by molar-refractivity contribution is 9.10. The Morgan fingerprint density at radius 1 is 1.35 bits per heavy atom. The Morgan fingerprint density at radius 3 is 2.65 bits per heavy atom. The van der Waals surface area contributed by atoms with Crippen molar-refractivity contribution < 1.29 is 9.53 Å². The fraction of sp³-hybridized carbons (Fsp3) is 0.533. The molecule has 112 valence electrons. The Kier molecular flexibility index (Phi) is 6.49. The lowest BCUT2D eigenvalue weighted by Crippen LogP contribution is -2.35. The van der Waals surface area contributed by atoms with Crippen molar-refractivity contribution in [2.75, 3.05) is 13.2 Å². The van der Waals surface area contributed by atoms with Crippen LogP contribution in [0.4, 0.5) is 0 Å². The van der Waals surface area contributed by atoms with Crippen LogP contribution in [0.25, 0.3) is 0 Å². The molecule has 0 bridgehead atoms. The molecule has 1 aromatic carbocycles. The molecular weight excluding hydrogens is 320 g/mol.